The molecule has 0 aromatic heterocycles. The van der Waals surface area contributed by atoms with Crippen LogP contribution in [0, 0.1) is 22.7 Å². The lowest BCUT2D eigenvalue weighted by Gasteiger charge is -2.25. The Labute approximate surface area is 74.4 Å². The highest BCUT2D eigenvalue weighted by Gasteiger charge is 2.20. The minimum Gasteiger partial charge on any atom is -0.198 e. The summed E-state index contributed by atoms with van der Waals surface area (Å²) in [6.07, 6.45) is 7.00. The van der Waals surface area contributed by atoms with Crippen LogP contribution in [0.5, 0.6) is 0 Å². The van der Waals surface area contributed by atoms with Crippen LogP contribution in [-0.4, -0.2) is 0 Å². The highest BCUT2D eigenvalue weighted by molar-refractivity contribution is 5.26. The van der Waals surface area contributed by atoms with Gasteiger partial charge in [0, 0.05) is 0 Å². The van der Waals surface area contributed by atoms with Crippen molar-refractivity contribution in [3.05, 3.63) is 23.8 Å². The molecule has 1 nitrogen and oxygen atoms in total. The largest absolute Gasteiger partial charge is 0.198 e. The van der Waals surface area contributed by atoms with Crippen LogP contribution in [-0.2, 0) is 0 Å². The van der Waals surface area contributed by atoms with E-state index in [-0.39, 0.29) is 11.3 Å². The first kappa shape index (κ1) is 9.06. The molecule has 1 aliphatic rings. The predicted molar refractivity (Wildman–Crippen MR) is 50.4 cm³/mol. The zero-order chi connectivity index (χ0) is 9.19. The Hall–Kier alpha value is -1.03. The number of allylic oxidation sites excluding steroid dienone is 4. The molecule has 0 N–H and O–H groups in total. The molecule has 1 atom stereocenters. The SMILES string of the molecule is CC(C)(C)C1=CC=CC(C#N)C1. The first-order valence-electron chi connectivity index (χ1n) is 4.31. The Morgan fingerprint density at radius 2 is 2.17 bits per heavy atom. The van der Waals surface area contributed by atoms with Crippen molar-refractivity contribution in [2.24, 2.45) is 11.3 Å². The molecule has 64 valence electrons. The van der Waals surface area contributed by atoms with E-state index < -0.39 is 0 Å². The van der Waals surface area contributed by atoms with Crippen LogP contribution in [0.15, 0.2) is 23.8 Å². The van der Waals surface area contributed by atoms with Gasteiger partial charge in [0.2, 0.25) is 0 Å². The van der Waals surface area contributed by atoms with Crippen LogP contribution < -0.4 is 0 Å². The van der Waals surface area contributed by atoms with Crippen molar-refractivity contribution in [1.29, 1.82) is 5.26 Å². The minimum absolute atomic E-state index is 0.0872. The Bertz CT molecular complexity index is 258. The number of rotatable bonds is 0. The Morgan fingerprint density at radius 3 is 2.67 bits per heavy atom. The van der Waals surface area contributed by atoms with Gasteiger partial charge in [-0.2, -0.15) is 5.26 Å². The molecule has 1 aliphatic carbocycles. The van der Waals surface area contributed by atoms with Crippen LogP contribution in [0.2, 0.25) is 0 Å². The molecule has 0 heterocycles. The first-order chi connectivity index (χ1) is 5.54. The van der Waals surface area contributed by atoms with Gasteiger partial charge in [-0.15, -0.1) is 0 Å². The summed E-state index contributed by atoms with van der Waals surface area (Å²) in [6, 6.07) is 2.28. The molecular weight excluding hydrogens is 146 g/mol. The number of hydrogen-bond donors (Lipinski definition) is 0. The number of nitrogens with zero attached hydrogens (tertiary/aromatic N) is 1. The van der Waals surface area contributed by atoms with Gasteiger partial charge in [0.05, 0.1) is 12.0 Å². The van der Waals surface area contributed by atoms with E-state index in [0.29, 0.717) is 0 Å². The van der Waals surface area contributed by atoms with Gasteiger partial charge >= 0.3 is 0 Å². The standard InChI is InChI=1S/C11H15N/c1-11(2,3)10-6-4-5-9(7-10)8-12/h4-6,9H,7H2,1-3H3. The maximum atomic E-state index is 8.75. The van der Waals surface area contributed by atoms with Gasteiger partial charge in [0.1, 0.15) is 0 Å². The molecular formula is C11H15N. The van der Waals surface area contributed by atoms with Crippen LogP contribution in [0.1, 0.15) is 27.2 Å². The molecule has 1 heteroatoms. The number of hydrogen-bond acceptors (Lipinski definition) is 1. The van der Waals surface area contributed by atoms with E-state index >= 15 is 0 Å². The molecule has 12 heavy (non-hydrogen) atoms. The smallest absolute Gasteiger partial charge is 0.0700 e. The van der Waals surface area contributed by atoms with Crippen molar-refractivity contribution in [2.75, 3.05) is 0 Å². The molecule has 0 fully saturated rings. The van der Waals surface area contributed by atoms with Crippen molar-refractivity contribution < 1.29 is 0 Å². The van der Waals surface area contributed by atoms with E-state index in [2.05, 4.69) is 32.9 Å². The second-order valence-corrected chi connectivity index (χ2v) is 4.27. The molecule has 1 unspecified atom stereocenters. The average Bonchev–Trinajstić information content (AvgIpc) is 2.03. The highest BCUT2D eigenvalue weighted by Crippen LogP contribution is 2.32. The maximum Gasteiger partial charge on any atom is 0.0700 e. The molecule has 0 bridgehead atoms. The lowest BCUT2D eigenvalue weighted by molar-refractivity contribution is 0.470. The molecule has 0 spiro atoms. The summed E-state index contributed by atoms with van der Waals surface area (Å²) in [5.74, 6) is 0.0872. The van der Waals surface area contributed by atoms with Crippen molar-refractivity contribution in [2.45, 2.75) is 27.2 Å². The summed E-state index contributed by atoms with van der Waals surface area (Å²) in [4.78, 5) is 0. The topological polar surface area (TPSA) is 23.8 Å². The summed E-state index contributed by atoms with van der Waals surface area (Å²) in [7, 11) is 0. The fourth-order valence-electron chi connectivity index (χ4n) is 1.32. The molecule has 0 amide bonds. The quantitative estimate of drug-likeness (QED) is 0.535. The second kappa shape index (κ2) is 3.15. The third-order valence-corrected chi connectivity index (χ3v) is 2.21. The molecule has 0 saturated heterocycles. The Kier molecular flexibility index (Phi) is 2.38. The van der Waals surface area contributed by atoms with Gasteiger partial charge in [-0.1, -0.05) is 44.6 Å². The van der Waals surface area contributed by atoms with E-state index in [4.69, 9.17) is 5.26 Å². The van der Waals surface area contributed by atoms with Gasteiger partial charge in [-0.25, -0.2) is 0 Å². The normalized spacial score (nSPS) is 23.2. The fourth-order valence-corrected chi connectivity index (χ4v) is 1.32. The van der Waals surface area contributed by atoms with Gasteiger partial charge in [-0.3, -0.25) is 0 Å². The lowest BCUT2D eigenvalue weighted by Crippen LogP contribution is -2.13. The monoisotopic (exact) mass is 161 g/mol. The van der Waals surface area contributed by atoms with Crippen LogP contribution in [0.4, 0.5) is 0 Å². The number of nitriles is 1. The zero-order valence-corrected chi connectivity index (χ0v) is 7.96. The van der Waals surface area contributed by atoms with Gasteiger partial charge in [-0.05, 0) is 11.8 Å². The first-order valence-corrected chi connectivity index (χ1v) is 4.31. The Morgan fingerprint density at radius 1 is 1.50 bits per heavy atom. The van der Waals surface area contributed by atoms with Crippen molar-refractivity contribution in [3.63, 3.8) is 0 Å². The fraction of sp³-hybridized carbons (Fsp3) is 0.545. The molecule has 0 saturated carbocycles. The molecule has 0 aliphatic heterocycles. The highest BCUT2D eigenvalue weighted by atomic mass is 14.3. The lowest BCUT2D eigenvalue weighted by atomic mass is 9.79. The van der Waals surface area contributed by atoms with E-state index in [1.165, 1.54) is 5.57 Å². The predicted octanol–water partition coefficient (Wildman–Crippen LogP) is 3.06. The summed E-state index contributed by atoms with van der Waals surface area (Å²) < 4.78 is 0. The molecule has 0 radical (unpaired) electrons. The van der Waals surface area contributed by atoms with E-state index in [1.807, 2.05) is 12.2 Å². The average molecular weight is 161 g/mol. The summed E-state index contributed by atoms with van der Waals surface area (Å²) in [5.41, 5.74) is 1.58. The third kappa shape index (κ3) is 1.98. The van der Waals surface area contributed by atoms with Gasteiger partial charge in [0.25, 0.3) is 0 Å². The van der Waals surface area contributed by atoms with Crippen LogP contribution >= 0.6 is 0 Å². The molecule has 0 aromatic carbocycles. The van der Waals surface area contributed by atoms with Gasteiger partial charge < -0.3 is 0 Å². The molecule has 1 rings (SSSR count). The van der Waals surface area contributed by atoms with E-state index in [0.717, 1.165) is 6.42 Å². The van der Waals surface area contributed by atoms with Crippen molar-refractivity contribution >= 4 is 0 Å². The van der Waals surface area contributed by atoms with Crippen molar-refractivity contribution in [1.82, 2.24) is 0 Å². The van der Waals surface area contributed by atoms with Crippen LogP contribution in [0.3, 0.4) is 0 Å². The van der Waals surface area contributed by atoms with E-state index in [1.54, 1.807) is 0 Å². The van der Waals surface area contributed by atoms with Gasteiger partial charge in [0.15, 0.2) is 0 Å². The van der Waals surface area contributed by atoms with Crippen molar-refractivity contribution in [3.8, 4) is 6.07 Å². The summed E-state index contributed by atoms with van der Waals surface area (Å²) in [6.45, 7) is 6.56. The molecule has 0 aromatic rings. The minimum atomic E-state index is 0.0872. The Balaban J connectivity index is 2.78. The maximum absolute atomic E-state index is 8.75. The third-order valence-electron chi connectivity index (χ3n) is 2.21. The van der Waals surface area contributed by atoms with E-state index in [9.17, 15) is 0 Å². The zero-order valence-electron chi connectivity index (χ0n) is 7.96. The summed E-state index contributed by atoms with van der Waals surface area (Å²) >= 11 is 0. The second-order valence-electron chi connectivity index (χ2n) is 4.27. The summed E-state index contributed by atoms with van der Waals surface area (Å²) in [5, 5.41) is 8.75. The van der Waals surface area contributed by atoms with Crippen LogP contribution in [0.25, 0.3) is 0 Å².